The zero-order chi connectivity index (χ0) is 13.7. The van der Waals surface area contributed by atoms with Gasteiger partial charge in [-0.3, -0.25) is 4.99 Å². The molecule has 3 heteroatoms. The van der Waals surface area contributed by atoms with E-state index in [9.17, 15) is 0 Å². The van der Waals surface area contributed by atoms with E-state index in [1.807, 2.05) is 0 Å². The van der Waals surface area contributed by atoms with Crippen molar-refractivity contribution < 1.29 is 6.85 Å². The van der Waals surface area contributed by atoms with Gasteiger partial charge in [0.25, 0.3) is 0 Å². The highest BCUT2D eigenvalue weighted by molar-refractivity contribution is 8.14. The molecule has 2 heterocycles. The molecule has 0 N–H and O–H groups in total. The summed E-state index contributed by atoms with van der Waals surface area (Å²) in [5.41, 5.74) is 0.313. The van der Waals surface area contributed by atoms with E-state index in [2.05, 4.69) is 9.89 Å². The van der Waals surface area contributed by atoms with Gasteiger partial charge in [-0.05, 0) is 5.56 Å². The van der Waals surface area contributed by atoms with Gasteiger partial charge in [-0.25, -0.2) is 0 Å². The van der Waals surface area contributed by atoms with E-state index in [4.69, 9.17) is 6.85 Å². The van der Waals surface area contributed by atoms with Crippen molar-refractivity contribution in [3.8, 4) is 0 Å². The second kappa shape index (κ2) is 3.31. The topological polar surface area (TPSA) is 15.6 Å². The minimum absolute atomic E-state index is 0.133. The van der Waals surface area contributed by atoms with Crippen LogP contribution in [0.25, 0.3) is 0 Å². The molecule has 0 bridgehead atoms. The Bertz CT molecular complexity index is 560. The summed E-state index contributed by atoms with van der Waals surface area (Å²) in [6.45, 7) is 1.52. The first-order chi connectivity index (χ1) is 9.00. The Labute approximate surface area is 95.0 Å². The maximum atomic E-state index is 7.94. The monoisotopic (exact) mass is 209 g/mol. The molecular formula is C11H12N2S. The van der Waals surface area contributed by atoms with Crippen LogP contribution in [0.1, 0.15) is 18.5 Å². The molecule has 0 amide bonds. The predicted molar refractivity (Wildman–Crippen MR) is 60.6 cm³/mol. The van der Waals surface area contributed by atoms with E-state index in [1.165, 1.54) is 0 Å². The van der Waals surface area contributed by atoms with Crippen LogP contribution in [-0.2, 0) is 0 Å². The molecule has 1 aromatic carbocycles. The standard InChI is InChI=1S/C11H12N2S/c1-2-4-9(5-3-1)10-8-13-6-7-14-11(13)12-10/h1-5,10H,6-8H2/t10-/m1/s1/i1D,2D,3D,4D,5D. The van der Waals surface area contributed by atoms with E-state index < -0.39 is 0 Å². The molecule has 0 aliphatic carbocycles. The average Bonchev–Trinajstić information content (AvgIpc) is 2.95. The molecule has 2 nitrogen and oxygen atoms in total. The van der Waals surface area contributed by atoms with Gasteiger partial charge in [0.2, 0.25) is 0 Å². The van der Waals surface area contributed by atoms with Crippen LogP contribution in [-0.4, -0.2) is 28.9 Å². The second-order valence-corrected chi connectivity index (χ2v) is 4.32. The second-order valence-electron chi connectivity index (χ2n) is 3.26. The van der Waals surface area contributed by atoms with Crippen molar-refractivity contribution in [2.45, 2.75) is 6.04 Å². The maximum absolute atomic E-state index is 7.94. The van der Waals surface area contributed by atoms with E-state index in [0.717, 1.165) is 17.5 Å². The number of hydrogen-bond donors (Lipinski definition) is 0. The predicted octanol–water partition coefficient (Wildman–Crippen LogP) is 2.15. The highest BCUT2D eigenvalue weighted by Crippen LogP contribution is 2.31. The summed E-state index contributed by atoms with van der Waals surface area (Å²) in [6.07, 6.45) is 0. The molecule has 1 atom stereocenters. The molecular weight excluding hydrogens is 192 g/mol. The van der Waals surface area contributed by atoms with Gasteiger partial charge in [-0.2, -0.15) is 0 Å². The van der Waals surface area contributed by atoms with Crippen LogP contribution < -0.4 is 0 Å². The van der Waals surface area contributed by atoms with Crippen LogP contribution in [0, 0.1) is 0 Å². The summed E-state index contributed by atoms with van der Waals surface area (Å²) in [4.78, 5) is 6.60. The van der Waals surface area contributed by atoms with Crippen molar-refractivity contribution in [2.24, 2.45) is 4.99 Å². The lowest BCUT2D eigenvalue weighted by atomic mass is 10.1. The average molecular weight is 209 g/mol. The minimum atomic E-state index is -0.350. The fourth-order valence-electron chi connectivity index (χ4n) is 1.69. The first-order valence-electron chi connectivity index (χ1n) is 7.03. The van der Waals surface area contributed by atoms with Crippen LogP contribution in [0.3, 0.4) is 0 Å². The number of aliphatic imine (C=N–C) groups is 1. The molecule has 0 spiro atoms. The smallest absolute Gasteiger partial charge is 0.160 e. The lowest BCUT2D eigenvalue weighted by Gasteiger charge is -2.12. The molecule has 72 valence electrons. The number of thioether (sulfide) groups is 1. The lowest BCUT2D eigenvalue weighted by molar-refractivity contribution is 0.464. The summed E-state index contributed by atoms with van der Waals surface area (Å²) in [7, 11) is 0. The molecule has 0 unspecified atom stereocenters. The molecule has 0 radical (unpaired) electrons. The Balaban J connectivity index is 2.09. The van der Waals surface area contributed by atoms with Gasteiger partial charge in [0.15, 0.2) is 5.17 Å². The highest BCUT2D eigenvalue weighted by atomic mass is 32.2. The largest absolute Gasteiger partial charge is 0.348 e. The number of nitrogens with zero attached hydrogens (tertiary/aromatic N) is 2. The maximum Gasteiger partial charge on any atom is 0.160 e. The Hall–Kier alpha value is -0.960. The number of fused-ring (bicyclic) bond motifs is 1. The van der Waals surface area contributed by atoms with Crippen molar-refractivity contribution in [3.63, 3.8) is 0 Å². The number of amidine groups is 1. The molecule has 14 heavy (non-hydrogen) atoms. The number of benzene rings is 1. The first-order valence-corrected chi connectivity index (χ1v) is 5.51. The van der Waals surface area contributed by atoms with Crippen LogP contribution in [0.15, 0.2) is 35.2 Å². The van der Waals surface area contributed by atoms with E-state index in [-0.39, 0.29) is 36.3 Å². The molecule has 0 aromatic heterocycles. The van der Waals surface area contributed by atoms with Gasteiger partial charge in [0, 0.05) is 18.8 Å². The zero-order valence-electron chi connectivity index (χ0n) is 12.5. The summed E-state index contributed by atoms with van der Waals surface area (Å²) in [5.74, 6) is 1.01. The van der Waals surface area contributed by atoms with Crippen molar-refractivity contribution in [2.75, 3.05) is 18.8 Å². The molecule has 1 saturated heterocycles. The van der Waals surface area contributed by atoms with Gasteiger partial charge >= 0.3 is 0 Å². The van der Waals surface area contributed by atoms with E-state index in [1.54, 1.807) is 11.8 Å². The lowest BCUT2D eigenvalue weighted by Crippen LogP contribution is -2.21. The van der Waals surface area contributed by atoms with Gasteiger partial charge in [-0.1, -0.05) is 42.0 Å². The fraction of sp³-hybridized carbons (Fsp3) is 0.364. The molecule has 2 aliphatic rings. The zero-order valence-corrected chi connectivity index (χ0v) is 8.32. The third-order valence-corrected chi connectivity index (χ3v) is 3.38. The Morgan fingerprint density at radius 3 is 3.07 bits per heavy atom. The Kier molecular flexibility index (Phi) is 1.11. The molecule has 1 aromatic rings. The molecule has 1 fully saturated rings. The number of rotatable bonds is 1. The summed E-state index contributed by atoms with van der Waals surface area (Å²) in [5, 5.41) is 0.928. The molecule has 3 rings (SSSR count). The summed E-state index contributed by atoms with van der Waals surface area (Å²) >= 11 is 1.66. The van der Waals surface area contributed by atoms with Gasteiger partial charge in [0.1, 0.15) is 0 Å². The van der Waals surface area contributed by atoms with Crippen molar-refractivity contribution in [1.29, 1.82) is 0 Å². The van der Waals surface area contributed by atoms with Crippen LogP contribution in [0.5, 0.6) is 0 Å². The minimum Gasteiger partial charge on any atom is -0.348 e. The summed E-state index contributed by atoms with van der Waals surface area (Å²) < 4.78 is 38.8. The van der Waals surface area contributed by atoms with Crippen molar-refractivity contribution in [1.82, 2.24) is 4.90 Å². The van der Waals surface area contributed by atoms with Gasteiger partial charge < -0.3 is 4.90 Å². The summed E-state index contributed by atoms with van der Waals surface area (Å²) in [6, 6.07) is -1.53. The van der Waals surface area contributed by atoms with Crippen molar-refractivity contribution in [3.05, 3.63) is 35.8 Å². The third-order valence-electron chi connectivity index (χ3n) is 2.38. The van der Waals surface area contributed by atoms with E-state index >= 15 is 0 Å². The fourth-order valence-corrected chi connectivity index (χ4v) is 2.73. The molecule has 2 aliphatic heterocycles. The first kappa shape index (κ1) is 4.71. The van der Waals surface area contributed by atoms with Crippen LogP contribution in [0.2, 0.25) is 0 Å². The quantitative estimate of drug-likeness (QED) is 0.704. The molecule has 0 saturated carbocycles. The Morgan fingerprint density at radius 2 is 2.29 bits per heavy atom. The van der Waals surface area contributed by atoms with Gasteiger partial charge in [0.05, 0.1) is 12.9 Å². The highest BCUT2D eigenvalue weighted by Gasteiger charge is 2.29. The van der Waals surface area contributed by atoms with Crippen LogP contribution in [0.4, 0.5) is 0 Å². The SMILES string of the molecule is [2H]c1c([2H])c([2H])c([C@H]2CN3CCSC3=N2)c([2H])c1[2H]. The van der Waals surface area contributed by atoms with Crippen LogP contribution >= 0.6 is 11.8 Å². The van der Waals surface area contributed by atoms with E-state index in [0.29, 0.717) is 12.1 Å². The number of hydrogen-bond acceptors (Lipinski definition) is 3. The Morgan fingerprint density at radius 1 is 1.43 bits per heavy atom. The normalized spacial score (nSPS) is 30.0. The third kappa shape index (κ3) is 1.32. The van der Waals surface area contributed by atoms with Crippen molar-refractivity contribution >= 4 is 16.9 Å². The van der Waals surface area contributed by atoms with Gasteiger partial charge in [-0.15, -0.1) is 0 Å².